The number of ether oxygens (including phenoxy) is 1. The van der Waals surface area contributed by atoms with Gasteiger partial charge in [-0.05, 0) is 32.5 Å². The normalized spacial score (nSPS) is 10.8. The quantitative estimate of drug-likeness (QED) is 0.834. The Bertz CT molecular complexity index is 554. The van der Waals surface area contributed by atoms with E-state index in [0.29, 0.717) is 18.3 Å². The molecule has 2 aromatic heterocycles. The third kappa shape index (κ3) is 3.77. The summed E-state index contributed by atoms with van der Waals surface area (Å²) in [5.41, 5.74) is 1.84. The number of aryl methyl sites for hydroxylation is 2. The van der Waals surface area contributed by atoms with Crippen LogP contribution in [0, 0.1) is 6.92 Å². The Morgan fingerprint density at radius 1 is 1.30 bits per heavy atom. The van der Waals surface area contributed by atoms with Crippen molar-refractivity contribution in [3.63, 3.8) is 0 Å². The number of aromatic nitrogens is 3. The summed E-state index contributed by atoms with van der Waals surface area (Å²) in [6.45, 7) is 4.97. The van der Waals surface area contributed by atoms with Crippen LogP contribution in [0.5, 0.6) is 5.75 Å². The smallest absolute Gasteiger partial charge is 0.226 e. The van der Waals surface area contributed by atoms with Crippen molar-refractivity contribution < 1.29 is 9.26 Å². The molecule has 0 unspecified atom stereocenters. The van der Waals surface area contributed by atoms with E-state index >= 15 is 0 Å². The summed E-state index contributed by atoms with van der Waals surface area (Å²) in [5, 5.41) is 6.97. The van der Waals surface area contributed by atoms with Crippen molar-refractivity contribution in [1.82, 2.24) is 20.4 Å². The molecule has 0 aromatic carbocycles. The molecular formula is C14H20N4O2. The molecule has 0 saturated heterocycles. The predicted molar refractivity (Wildman–Crippen MR) is 74.4 cm³/mol. The maximum atomic E-state index is 5.73. The molecule has 20 heavy (non-hydrogen) atoms. The fraction of sp³-hybridized carbons (Fsp3) is 0.500. The lowest BCUT2D eigenvalue weighted by Crippen LogP contribution is -2.10. The van der Waals surface area contributed by atoms with E-state index < -0.39 is 0 Å². The Labute approximate surface area is 118 Å². The number of hydrogen-bond donors (Lipinski definition) is 1. The molecule has 0 aliphatic carbocycles. The van der Waals surface area contributed by atoms with Gasteiger partial charge in [-0.2, -0.15) is 4.98 Å². The van der Waals surface area contributed by atoms with E-state index in [9.17, 15) is 0 Å². The van der Waals surface area contributed by atoms with Crippen LogP contribution in [0.4, 0.5) is 0 Å². The molecule has 0 atom stereocenters. The fourth-order valence-electron chi connectivity index (χ4n) is 1.83. The van der Waals surface area contributed by atoms with Gasteiger partial charge in [0.1, 0.15) is 5.75 Å². The van der Waals surface area contributed by atoms with Crippen molar-refractivity contribution in [1.29, 1.82) is 0 Å². The summed E-state index contributed by atoms with van der Waals surface area (Å²) in [5.74, 6) is 1.96. The van der Waals surface area contributed by atoms with Crippen molar-refractivity contribution in [2.45, 2.75) is 39.8 Å². The van der Waals surface area contributed by atoms with Crippen LogP contribution in [0.1, 0.15) is 36.4 Å². The molecule has 2 rings (SSSR count). The van der Waals surface area contributed by atoms with E-state index in [0.717, 1.165) is 30.0 Å². The average molecular weight is 276 g/mol. The van der Waals surface area contributed by atoms with Crippen LogP contribution in [-0.4, -0.2) is 22.2 Å². The van der Waals surface area contributed by atoms with Crippen LogP contribution in [0.25, 0.3) is 0 Å². The van der Waals surface area contributed by atoms with Crippen LogP contribution < -0.4 is 10.1 Å². The molecule has 1 N–H and O–H groups in total. The molecule has 108 valence electrons. The first kappa shape index (κ1) is 14.5. The Morgan fingerprint density at radius 3 is 2.90 bits per heavy atom. The highest BCUT2D eigenvalue weighted by molar-refractivity contribution is 5.29. The van der Waals surface area contributed by atoms with E-state index in [-0.39, 0.29) is 6.61 Å². The molecule has 0 aliphatic heterocycles. The molecule has 0 bridgehead atoms. The summed E-state index contributed by atoms with van der Waals surface area (Å²) < 4.78 is 10.9. The molecular weight excluding hydrogens is 256 g/mol. The van der Waals surface area contributed by atoms with Gasteiger partial charge in [0.2, 0.25) is 11.7 Å². The van der Waals surface area contributed by atoms with Crippen molar-refractivity contribution >= 4 is 0 Å². The van der Waals surface area contributed by atoms with Crippen LogP contribution in [-0.2, 0) is 19.6 Å². The molecule has 6 nitrogen and oxygen atoms in total. The van der Waals surface area contributed by atoms with E-state index in [4.69, 9.17) is 9.26 Å². The second kappa shape index (κ2) is 7.00. The first-order valence-electron chi connectivity index (χ1n) is 6.78. The topological polar surface area (TPSA) is 73.1 Å². The number of pyridine rings is 1. The molecule has 0 amide bonds. The van der Waals surface area contributed by atoms with Gasteiger partial charge in [0.15, 0.2) is 6.61 Å². The lowest BCUT2D eigenvalue weighted by molar-refractivity contribution is 0.280. The van der Waals surface area contributed by atoms with Crippen molar-refractivity contribution in [3.05, 3.63) is 35.2 Å². The number of nitrogens with one attached hydrogen (secondary N) is 1. The first-order valence-corrected chi connectivity index (χ1v) is 6.78. The second-order valence-electron chi connectivity index (χ2n) is 4.57. The zero-order valence-electron chi connectivity index (χ0n) is 12.1. The highest BCUT2D eigenvalue weighted by Crippen LogP contribution is 2.18. The molecule has 0 saturated carbocycles. The van der Waals surface area contributed by atoms with E-state index in [2.05, 4.69) is 27.4 Å². The van der Waals surface area contributed by atoms with Gasteiger partial charge in [-0.3, -0.25) is 4.98 Å². The van der Waals surface area contributed by atoms with Gasteiger partial charge in [0.05, 0.1) is 5.69 Å². The largest absolute Gasteiger partial charge is 0.484 e. The molecule has 0 aliphatic rings. The van der Waals surface area contributed by atoms with Crippen LogP contribution in [0.15, 0.2) is 16.7 Å². The first-order chi connectivity index (χ1) is 9.72. The SMILES string of the molecule is CCCc1nc(COc2ccc(C)nc2CNC)no1. The van der Waals surface area contributed by atoms with Gasteiger partial charge >= 0.3 is 0 Å². The van der Waals surface area contributed by atoms with E-state index in [1.807, 2.05) is 26.1 Å². The van der Waals surface area contributed by atoms with Gasteiger partial charge in [-0.1, -0.05) is 12.1 Å². The summed E-state index contributed by atoms with van der Waals surface area (Å²) in [4.78, 5) is 8.73. The average Bonchev–Trinajstić information content (AvgIpc) is 2.86. The Hall–Kier alpha value is -1.95. The van der Waals surface area contributed by atoms with Gasteiger partial charge in [0, 0.05) is 18.7 Å². The lowest BCUT2D eigenvalue weighted by atomic mass is 10.3. The third-order valence-electron chi connectivity index (χ3n) is 2.75. The fourth-order valence-corrected chi connectivity index (χ4v) is 1.83. The van der Waals surface area contributed by atoms with Crippen LogP contribution in [0.2, 0.25) is 0 Å². The van der Waals surface area contributed by atoms with Crippen LogP contribution >= 0.6 is 0 Å². The zero-order valence-corrected chi connectivity index (χ0v) is 12.1. The highest BCUT2D eigenvalue weighted by atomic mass is 16.5. The Morgan fingerprint density at radius 2 is 2.15 bits per heavy atom. The van der Waals surface area contributed by atoms with Crippen molar-refractivity contribution in [3.8, 4) is 5.75 Å². The molecule has 2 heterocycles. The number of nitrogens with zero attached hydrogens (tertiary/aromatic N) is 3. The van der Waals surface area contributed by atoms with Gasteiger partial charge in [-0.15, -0.1) is 0 Å². The monoisotopic (exact) mass is 276 g/mol. The summed E-state index contributed by atoms with van der Waals surface area (Å²) in [6.07, 6.45) is 1.78. The predicted octanol–water partition coefficient (Wildman–Crippen LogP) is 2.02. The minimum absolute atomic E-state index is 0.286. The molecule has 2 aromatic rings. The molecule has 0 fully saturated rings. The zero-order chi connectivity index (χ0) is 14.4. The molecule has 0 radical (unpaired) electrons. The third-order valence-corrected chi connectivity index (χ3v) is 2.75. The molecule has 6 heteroatoms. The Kier molecular flexibility index (Phi) is 5.06. The van der Waals surface area contributed by atoms with Gasteiger partial charge in [0.25, 0.3) is 0 Å². The lowest BCUT2D eigenvalue weighted by Gasteiger charge is -2.09. The van der Waals surface area contributed by atoms with E-state index in [1.54, 1.807) is 0 Å². The molecule has 0 spiro atoms. The summed E-state index contributed by atoms with van der Waals surface area (Å²) >= 11 is 0. The van der Waals surface area contributed by atoms with E-state index in [1.165, 1.54) is 0 Å². The standard InChI is InChI=1S/C14H20N4O2/c1-4-5-14-17-13(18-20-14)9-19-12-7-6-10(2)16-11(12)8-15-3/h6-7,15H,4-5,8-9H2,1-3H3. The van der Waals surface area contributed by atoms with Crippen LogP contribution in [0.3, 0.4) is 0 Å². The minimum atomic E-state index is 0.286. The summed E-state index contributed by atoms with van der Waals surface area (Å²) in [6, 6.07) is 3.84. The van der Waals surface area contributed by atoms with Crippen molar-refractivity contribution in [2.75, 3.05) is 7.05 Å². The number of rotatable bonds is 7. The number of hydrogen-bond acceptors (Lipinski definition) is 6. The minimum Gasteiger partial charge on any atom is -0.484 e. The Balaban J connectivity index is 2.02. The van der Waals surface area contributed by atoms with Crippen molar-refractivity contribution in [2.24, 2.45) is 0 Å². The van der Waals surface area contributed by atoms with Gasteiger partial charge < -0.3 is 14.6 Å². The highest BCUT2D eigenvalue weighted by Gasteiger charge is 2.09. The second-order valence-corrected chi connectivity index (χ2v) is 4.57. The van der Waals surface area contributed by atoms with Gasteiger partial charge in [-0.25, -0.2) is 0 Å². The maximum absolute atomic E-state index is 5.73. The maximum Gasteiger partial charge on any atom is 0.226 e. The summed E-state index contributed by atoms with van der Waals surface area (Å²) in [7, 11) is 1.88.